The molecule has 0 unspecified atom stereocenters. The summed E-state index contributed by atoms with van der Waals surface area (Å²) in [6.45, 7) is 1.74. The minimum absolute atomic E-state index is 0.00254. The minimum Gasteiger partial charge on any atom is -0.381 e. The zero-order valence-corrected chi connectivity index (χ0v) is 22.9. The van der Waals surface area contributed by atoms with Crippen LogP contribution in [0.15, 0.2) is 84.1 Å². The number of carbonyl (C=O) groups is 1. The molecule has 0 aliphatic heterocycles. The predicted octanol–water partition coefficient (Wildman–Crippen LogP) is 2.28. The molecule has 5 rings (SSSR count). The fraction of sp³-hybridized carbons (Fsp3) is 0.129. The van der Waals surface area contributed by atoms with Crippen molar-refractivity contribution < 1.29 is 4.79 Å². The standard InChI is InChI=1S/C31H25BN8O2/c1-4-5-6-7-8-17-39-24(31(2,32)35-29(41)26-27(33)37-40-18-10-16-34-28(26)40)20-22-12-9-11-21(25(22)30(39)42)13-14-23-15-19-38(3)36-23/h1,5-12,15-16,18-20H,17H2,2-3H3,(H2,33,37)(H,35,41)/b6-5-,8-7-/t31-/m0/s1. The van der Waals surface area contributed by atoms with Crippen LogP contribution in [0.25, 0.3) is 16.4 Å². The molecular formula is C31H25BN8O2. The zero-order valence-electron chi connectivity index (χ0n) is 22.9. The first-order valence-corrected chi connectivity index (χ1v) is 12.9. The highest BCUT2D eigenvalue weighted by Gasteiger charge is 2.30. The van der Waals surface area contributed by atoms with Crippen LogP contribution in [0.4, 0.5) is 5.82 Å². The Bertz CT molecular complexity index is 2060. The van der Waals surface area contributed by atoms with Crippen LogP contribution in [-0.4, -0.2) is 42.7 Å². The molecular weight excluding hydrogens is 527 g/mol. The van der Waals surface area contributed by atoms with E-state index >= 15 is 0 Å². The Balaban J connectivity index is 1.62. The van der Waals surface area contributed by atoms with Gasteiger partial charge in [0.05, 0.1) is 5.39 Å². The maximum Gasteiger partial charge on any atom is 0.260 e. The molecule has 0 bridgehead atoms. The van der Waals surface area contributed by atoms with Gasteiger partial charge in [-0.1, -0.05) is 42.2 Å². The number of pyridine rings is 1. The third-order valence-corrected chi connectivity index (χ3v) is 6.46. The van der Waals surface area contributed by atoms with Crippen LogP contribution < -0.4 is 16.6 Å². The lowest BCUT2D eigenvalue weighted by Crippen LogP contribution is -2.47. The van der Waals surface area contributed by atoms with Crippen molar-refractivity contribution in [2.45, 2.75) is 18.9 Å². The summed E-state index contributed by atoms with van der Waals surface area (Å²) >= 11 is 0. The molecule has 10 nitrogen and oxygen atoms in total. The van der Waals surface area contributed by atoms with Gasteiger partial charge in [0, 0.05) is 48.9 Å². The number of rotatable bonds is 6. The Morgan fingerprint density at radius 3 is 2.79 bits per heavy atom. The molecule has 42 heavy (non-hydrogen) atoms. The second-order valence-electron chi connectivity index (χ2n) is 9.60. The Kier molecular flexibility index (Phi) is 7.50. The number of aryl methyl sites for hydroxylation is 1. The van der Waals surface area contributed by atoms with Gasteiger partial charge in [0.1, 0.15) is 19.1 Å². The highest BCUT2D eigenvalue weighted by molar-refractivity contribution is 6.18. The van der Waals surface area contributed by atoms with Crippen molar-refractivity contribution in [3.63, 3.8) is 0 Å². The van der Waals surface area contributed by atoms with Crippen molar-refractivity contribution >= 4 is 36.0 Å². The summed E-state index contributed by atoms with van der Waals surface area (Å²) in [6, 6.07) is 10.6. The van der Waals surface area contributed by atoms with Crippen LogP contribution in [0.1, 0.15) is 34.2 Å². The molecule has 0 aliphatic rings. The number of carbonyl (C=O) groups excluding carboxylic acids is 1. The molecule has 11 heteroatoms. The number of anilines is 1. The summed E-state index contributed by atoms with van der Waals surface area (Å²) in [5.74, 6) is 7.92. The van der Waals surface area contributed by atoms with Crippen molar-refractivity contribution in [2.24, 2.45) is 7.05 Å². The molecule has 1 amide bonds. The van der Waals surface area contributed by atoms with Crippen molar-refractivity contribution in [2.75, 3.05) is 5.73 Å². The molecule has 2 radical (unpaired) electrons. The first-order chi connectivity index (χ1) is 20.2. The third kappa shape index (κ3) is 5.44. The molecule has 0 fully saturated rings. The van der Waals surface area contributed by atoms with Crippen LogP contribution in [0.2, 0.25) is 0 Å². The van der Waals surface area contributed by atoms with Gasteiger partial charge in [0.25, 0.3) is 11.5 Å². The third-order valence-electron chi connectivity index (χ3n) is 6.46. The molecule has 1 aromatic carbocycles. The second kappa shape index (κ2) is 11.4. The molecule has 0 saturated heterocycles. The van der Waals surface area contributed by atoms with Gasteiger partial charge in [0.15, 0.2) is 11.5 Å². The van der Waals surface area contributed by atoms with Crippen molar-refractivity contribution in [1.29, 1.82) is 0 Å². The Morgan fingerprint density at radius 2 is 2.02 bits per heavy atom. The molecule has 4 aromatic heterocycles. The van der Waals surface area contributed by atoms with E-state index < -0.39 is 11.3 Å². The number of terminal acetylenes is 1. The number of nitrogen functional groups attached to an aromatic ring is 1. The number of nitrogens with zero attached hydrogens (tertiary/aromatic N) is 6. The molecule has 0 aliphatic carbocycles. The molecule has 3 N–H and O–H groups in total. The Morgan fingerprint density at radius 1 is 1.19 bits per heavy atom. The van der Waals surface area contributed by atoms with E-state index in [2.05, 4.69) is 38.3 Å². The van der Waals surface area contributed by atoms with Gasteiger partial charge < -0.3 is 15.6 Å². The van der Waals surface area contributed by atoms with Crippen molar-refractivity contribution in [1.82, 2.24) is 34.3 Å². The van der Waals surface area contributed by atoms with E-state index in [0.717, 1.165) is 0 Å². The summed E-state index contributed by atoms with van der Waals surface area (Å²) < 4.78 is 4.55. The summed E-state index contributed by atoms with van der Waals surface area (Å²) in [7, 11) is 8.55. The number of benzene rings is 1. The first-order valence-electron chi connectivity index (χ1n) is 12.9. The number of hydrogen-bond acceptors (Lipinski definition) is 6. The fourth-order valence-electron chi connectivity index (χ4n) is 4.57. The largest absolute Gasteiger partial charge is 0.381 e. The maximum atomic E-state index is 14.1. The number of nitrogens with one attached hydrogen (secondary N) is 1. The van der Waals surface area contributed by atoms with E-state index in [4.69, 9.17) is 20.0 Å². The van der Waals surface area contributed by atoms with Gasteiger partial charge in [-0.05, 0) is 48.6 Å². The van der Waals surface area contributed by atoms with Gasteiger partial charge in [-0.15, -0.1) is 11.5 Å². The highest BCUT2D eigenvalue weighted by atomic mass is 16.2. The highest BCUT2D eigenvalue weighted by Crippen LogP contribution is 2.25. The zero-order chi connectivity index (χ0) is 29.9. The van der Waals surface area contributed by atoms with Gasteiger partial charge in [0.2, 0.25) is 0 Å². The van der Waals surface area contributed by atoms with Gasteiger partial charge in [-0.3, -0.25) is 14.3 Å². The van der Waals surface area contributed by atoms with Gasteiger partial charge >= 0.3 is 0 Å². The average molecular weight is 552 g/mol. The molecule has 1 atom stereocenters. The fourth-order valence-corrected chi connectivity index (χ4v) is 4.57. The SMILES string of the molecule is [B][C@@](C)(NC(=O)c1c(N)nn2cccnc12)c1cc2cccc(C#Cc3ccn(C)n3)c2c(=O)n1C/C=C\C=C/C#C. The monoisotopic (exact) mass is 552 g/mol. The number of hydrogen-bond donors (Lipinski definition) is 2. The van der Waals surface area contributed by atoms with Crippen LogP contribution in [0.3, 0.4) is 0 Å². The average Bonchev–Trinajstić information content (AvgIpc) is 3.53. The summed E-state index contributed by atoms with van der Waals surface area (Å²) in [5.41, 5.74) is 6.03. The number of fused-ring (bicyclic) bond motifs is 2. The topological polar surface area (TPSA) is 125 Å². The van der Waals surface area contributed by atoms with Crippen LogP contribution in [0.5, 0.6) is 0 Å². The predicted molar refractivity (Wildman–Crippen MR) is 162 cm³/mol. The van der Waals surface area contributed by atoms with Crippen LogP contribution >= 0.6 is 0 Å². The Labute approximate surface area is 243 Å². The van der Waals surface area contributed by atoms with E-state index in [1.54, 1.807) is 85.7 Å². The maximum absolute atomic E-state index is 14.1. The summed E-state index contributed by atoms with van der Waals surface area (Å²) in [6.07, 6.45) is 17.0. The molecule has 4 heterocycles. The number of nitrogens with two attached hydrogens (primary N) is 1. The van der Waals surface area contributed by atoms with E-state index in [9.17, 15) is 9.59 Å². The smallest absolute Gasteiger partial charge is 0.260 e. The quantitative estimate of drug-likeness (QED) is 0.189. The van der Waals surface area contributed by atoms with Crippen molar-refractivity contribution in [3.8, 4) is 24.2 Å². The van der Waals surface area contributed by atoms with Gasteiger partial charge in [-0.25, -0.2) is 9.50 Å². The number of aromatic nitrogens is 6. The normalized spacial score (nSPS) is 12.8. The minimum atomic E-state index is -1.52. The van der Waals surface area contributed by atoms with E-state index in [-0.39, 0.29) is 29.1 Å². The Hall–Kier alpha value is -5.81. The lowest BCUT2D eigenvalue weighted by atomic mass is 9.75. The van der Waals surface area contributed by atoms with E-state index in [1.165, 1.54) is 21.4 Å². The van der Waals surface area contributed by atoms with Crippen LogP contribution in [0, 0.1) is 24.2 Å². The van der Waals surface area contributed by atoms with Gasteiger partial charge in [-0.2, -0.15) is 5.10 Å². The second-order valence-corrected chi connectivity index (χ2v) is 9.60. The number of amides is 1. The molecule has 0 saturated carbocycles. The molecule has 5 aromatic rings. The number of allylic oxidation sites excluding steroid dienone is 4. The first kappa shape index (κ1) is 27.8. The summed E-state index contributed by atoms with van der Waals surface area (Å²) in [5, 5.41) is 12.3. The van der Waals surface area contributed by atoms with Crippen LogP contribution in [-0.2, 0) is 19.0 Å². The lowest BCUT2D eigenvalue weighted by Gasteiger charge is -2.30. The molecule has 204 valence electrons. The van der Waals surface area contributed by atoms with Crippen molar-refractivity contribution in [3.05, 3.63) is 112 Å². The van der Waals surface area contributed by atoms with E-state index in [0.29, 0.717) is 27.7 Å². The molecule has 0 spiro atoms. The lowest BCUT2D eigenvalue weighted by molar-refractivity contribution is 0.0931. The summed E-state index contributed by atoms with van der Waals surface area (Å²) in [4.78, 5) is 31.8. The van der Waals surface area contributed by atoms with E-state index in [1.807, 2.05) is 0 Å².